The van der Waals surface area contributed by atoms with E-state index in [0.29, 0.717) is 32.1 Å². The zero-order chi connectivity index (χ0) is 37.3. The maximum absolute atomic E-state index is 14.1. The highest BCUT2D eigenvalue weighted by molar-refractivity contribution is 5.96. The van der Waals surface area contributed by atoms with E-state index in [0.717, 1.165) is 64.2 Å². The van der Waals surface area contributed by atoms with Crippen molar-refractivity contribution in [2.45, 2.75) is 160 Å². The monoisotopic (exact) mass is 722 g/mol. The highest BCUT2D eigenvalue weighted by atomic mass is 16.5. The molecule has 0 bridgehead atoms. The Bertz CT molecular complexity index is 1110. The molecule has 51 heavy (non-hydrogen) atoms. The number of hydrogen-bond donors (Lipinski definition) is 6. The lowest BCUT2D eigenvalue weighted by Crippen LogP contribution is -2.62. The van der Waals surface area contributed by atoms with E-state index in [2.05, 4.69) is 28.2 Å². The van der Waals surface area contributed by atoms with Crippen molar-refractivity contribution in [3.8, 4) is 0 Å². The average molecular weight is 722 g/mol. The number of nitrogens with two attached hydrogens (primary N) is 2. The molecular weight excluding hydrogens is 654 g/mol. The molecule has 0 aromatic rings. The van der Waals surface area contributed by atoms with Gasteiger partial charge in [-0.1, -0.05) is 78.6 Å². The van der Waals surface area contributed by atoms with Crippen molar-refractivity contribution in [1.82, 2.24) is 26.2 Å². The Kier molecular flexibility index (Phi) is 18.6. The van der Waals surface area contributed by atoms with Crippen LogP contribution in [0, 0.1) is 11.8 Å². The van der Waals surface area contributed by atoms with Gasteiger partial charge < -0.3 is 47.1 Å². The van der Waals surface area contributed by atoms with E-state index >= 15 is 0 Å². The summed E-state index contributed by atoms with van der Waals surface area (Å²) in [4.78, 5) is 70.7. The Morgan fingerprint density at radius 3 is 2.14 bits per heavy atom. The second kappa shape index (κ2) is 22.3. The highest BCUT2D eigenvalue weighted by Crippen LogP contribution is 2.27. The minimum atomic E-state index is -1.16. The van der Waals surface area contributed by atoms with Gasteiger partial charge in [0.05, 0.1) is 31.3 Å². The molecule has 0 aromatic carbocycles. The maximum atomic E-state index is 14.1. The summed E-state index contributed by atoms with van der Waals surface area (Å²) in [7, 11) is 1.64. The molecule has 3 fully saturated rings. The van der Waals surface area contributed by atoms with Crippen LogP contribution in [0.3, 0.4) is 0 Å². The van der Waals surface area contributed by atoms with Gasteiger partial charge in [0, 0.05) is 26.2 Å². The van der Waals surface area contributed by atoms with Crippen molar-refractivity contribution in [3.05, 3.63) is 0 Å². The fourth-order valence-electron chi connectivity index (χ4n) is 7.38. The van der Waals surface area contributed by atoms with Crippen LogP contribution in [-0.2, 0) is 33.4 Å². The van der Waals surface area contributed by atoms with Gasteiger partial charge in [0.15, 0.2) is 0 Å². The first-order valence-electron chi connectivity index (χ1n) is 19.6. The molecule has 14 nitrogen and oxygen atoms in total. The second-order valence-electron chi connectivity index (χ2n) is 14.9. The Hall–Kier alpha value is -2.81. The van der Waals surface area contributed by atoms with Crippen molar-refractivity contribution >= 4 is 29.5 Å². The first-order chi connectivity index (χ1) is 24.5. The summed E-state index contributed by atoms with van der Waals surface area (Å²) >= 11 is 0. The van der Waals surface area contributed by atoms with E-state index in [1.54, 1.807) is 7.05 Å². The normalized spacial score (nSPS) is 31.6. The number of nitrogens with zero attached hydrogens (tertiary/aromatic N) is 1. The summed E-state index contributed by atoms with van der Waals surface area (Å²) in [5.41, 5.74) is 11.9. The number of ether oxygens (including phenoxy) is 2. The third kappa shape index (κ3) is 13.3. The fraction of sp³-hybridized carbons (Fsp3) is 0.865. The van der Waals surface area contributed by atoms with Crippen LogP contribution in [0.25, 0.3) is 0 Å². The van der Waals surface area contributed by atoms with Crippen molar-refractivity contribution in [1.29, 1.82) is 0 Å². The lowest BCUT2D eigenvalue weighted by molar-refractivity contribution is -0.147. The van der Waals surface area contributed by atoms with Gasteiger partial charge in [0.1, 0.15) is 24.2 Å². The van der Waals surface area contributed by atoms with Crippen molar-refractivity contribution in [2.24, 2.45) is 23.3 Å². The third-order valence-electron chi connectivity index (χ3n) is 10.8. The van der Waals surface area contributed by atoms with Crippen LogP contribution in [0.5, 0.6) is 0 Å². The topological polar surface area (TPSA) is 207 Å². The van der Waals surface area contributed by atoms with E-state index in [1.807, 2.05) is 13.8 Å². The average Bonchev–Trinajstić information content (AvgIpc) is 3.39. The number of carbonyl (C=O) groups is 5. The van der Waals surface area contributed by atoms with Gasteiger partial charge in [0.25, 0.3) is 0 Å². The minimum Gasteiger partial charge on any atom is -0.376 e. The molecule has 1 heterocycles. The molecule has 1 aliphatic heterocycles. The standard InChI is InChI=1S/C37H67N7O7/c1-5-7-8-13-17-31-24(3)37(49)44(4)30(14-6-2)35(47)43-32(25-15-11-9-10-12-16-25)36(48)41-28(22-38)34(46)42-29(33(45)40-18-19-50-31)23-51-27-20-26(39)21-27/h24-32H,5-23,38-39H2,1-4H3,(H,40,45)(H,41,48)(H,42,46)(H,43,47)/t24-,26?,27?,28+,29+,30+,31-,32+/m1/s1. The van der Waals surface area contributed by atoms with Crippen LogP contribution in [0.1, 0.15) is 117 Å². The Balaban J connectivity index is 1.94. The van der Waals surface area contributed by atoms with Crippen molar-refractivity contribution in [2.75, 3.05) is 33.4 Å². The summed E-state index contributed by atoms with van der Waals surface area (Å²) in [6, 6.07) is -3.91. The largest absolute Gasteiger partial charge is 0.376 e. The number of hydrogen-bond acceptors (Lipinski definition) is 9. The van der Waals surface area contributed by atoms with Crippen molar-refractivity contribution < 1.29 is 33.4 Å². The number of nitrogens with one attached hydrogen (secondary N) is 4. The van der Waals surface area contributed by atoms with Gasteiger partial charge in [-0.2, -0.15) is 0 Å². The van der Waals surface area contributed by atoms with Crippen molar-refractivity contribution in [3.63, 3.8) is 0 Å². The fourth-order valence-corrected chi connectivity index (χ4v) is 7.38. The van der Waals surface area contributed by atoms with Crippen LogP contribution in [-0.4, -0.2) is 110 Å². The summed E-state index contributed by atoms with van der Waals surface area (Å²) in [6.07, 6.45) is 11.9. The van der Waals surface area contributed by atoms with Gasteiger partial charge in [-0.05, 0) is 44.4 Å². The first kappa shape index (κ1) is 42.6. The Morgan fingerprint density at radius 2 is 1.51 bits per heavy atom. The molecule has 2 saturated carbocycles. The Labute approximate surface area is 305 Å². The summed E-state index contributed by atoms with van der Waals surface area (Å²) in [5.74, 6) is -2.94. The molecule has 5 amide bonds. The van der Waals surface area contributed by atoms with E-state index in [1.165, 1.54) is 4.90 Å². The third-order valence-corrected chi connectivity index (χ3v) is 10.8. The molecule has 0 aromatic heterocycles. The predicted octanol–water partition coefficient (Wildman–Crippen LogP) is 1.62. The maximum Gasteiger partial charge on any atom is 0.245 e. The molecular formula is C37H67N7O7. The zero-order valence-electron chi connectivity index (χ0n) is 31.6. The number of unbranched alkanes of at least 4 members (excludes halogenated alkanes) is 3. The lowest BCUT2D eigenvalue weighted by Gasteiger charge is -2.34. The Morgan fingerprint density at radius 1 is 0.824 bits per heavy atom. The minimum absolute atomic E-state index is 0.0463. The number of rotatable bonds is 12. The molecule has 6 atom stereocenters. The number of amides is 5. The van der Waals surface area contributed by atoms with Gasteiger partial charge in [-0.3, -0.25) is 24.0 Å². The van der Waals surface area contributed by atoms with Crippen LogP contribution < -0.4 is 32.7 Å². The molecule has 3 aliphatic rings. The molecule has 3 rings (SSSR count). The van der Waals surface area contributed by atoms with E-state index in [4.69, 9.17) is 20.9 Å². The molecule has 2 aliphatic carbocycles. The van der Waals surface area contributed by atoms with E-state index in [9.17, 15) is 24.0 Å². The number of carbonyl (C=O) groups excluding carboxylic acids is 5. The van der Waals surface area contributed by atoms with E-state index in [-0.39, 0.29) is 50.3 Å². The van der Waals surface area contributed by atoms with Crippen LogP contribution in [0.15, 0.2) is 0 Å². The molecule has 0 spiro atoms. The summed E-state index contributed by atoms with van der Waals surface area (Å²) in [6.45, 7) is 5.90. The summed E-state index contributed by atoms with van der Waals surface area (Å²) in [5, 5.41) is 11.4. The second-order valence-corrected chi connectivity index (χ2v) is 14.9. The van der Waals surface area contributed by atoms with E-state index < -0.39 is 59.8 Å². The van der Waals surface area contributed by atoms with Crippen LogP contribution in [0.2, 0.25) is 0 Å². The van der Waals surface area contributed by atoms with Gasteiger partial charge in [0.2, 0.25) is 29.5 Å². The van der Waals surface area contributed by atoms with Gasteiger partial charge in [-0.25, -0.2) is 0 Å². The molecule has 14 heteroatoms. The first-order valence-corrected chi connectivity index (χ1v) is 19.6. The van der Waals surface area contributed by atoms with Gasteiger partial charge >= 0.3 is 0 Å². The van der Waals surface area contributed by atoms with Crippen LogP contribution >= 0.6 is 0 Å². The molecule has 8 N–H and O–H groups in total. The smallest absolute Gasteiger partial charge is 0.245 e. The number of likely N-dealkylation sites (N-methyl/N-ethyl adjacent to an activating group) is 1. The highest BCUT2D eigenvalue weighted by Gasteiger charge is 2.38. The SMILES string of the molecule is CCCCCC[C@H]1OCCNC(=O)[C@H](COC2CC(N)C2)NC(=O)[C@H](CN)NC(=O)[C@H](C2CCCCCC2)NC(=O)[C@H](CCC)N(C)C(=O)[C@@H]1C. The lowest BCUT2D eigenvalue weighted by atomic mass is 9.90. The summed E-state index contributed by atoms with van der Waals surface area (Å²) < 4.78 is 12.2. The molecule has 0 radical (unpaired) electrons. The quantitative estimate of drug-likeness (QED) is 0.128. The molecule has 292 valence electrons. The zero-order valence-corrected chi connectivity index (χ0v) is 31.6. The van der Waals surface area contributed by atoms with Gasteiger partial charge in [-0.15, -0.1) is 0 Å². The van der Waals surface area contributed by atoms with Crippen LogP contribution in [0.4, 0.5) is 0 Å². The molecule has 1 saturated heterocycles. The predicted molar refractivity (Wildman–Crippen MR) is 195 cm³/mol. The molecule has 0 unspecified atom stereocenters.